The fourth-order valence-corrected chi connectivity index (χ4v) is 2.36. The number of carbonyl (C=O) groups is 1. The lowest BCUT2D eigenvalue weighted by Crippen LogP contribution is -2.13. The van der Waals surface area contributed by atoms with Crippen LogP contribution in [0.4, 0.5) is 18.9 Å². The Morgan fingerprint density at radius 2 is 1.85 bits per heavy atom. The molecule has 8 heteroatoms. The maximum atomic E-state index is 12.6. The van der Waals surface area contributed by atoms with Gasteiger partial charge in [0.25, 0.3) is 5.91 Å². The summed E-state index contributed by atoms with van der Waals surface area (Å²) >= 11 is 0. The van der Waals surface area contributed by atoms with E-state index in [0.717, 1.165) is 17.7 Å². The Labute approximate surface area is 147 Å². The van der Waals surface area contributed by atoms with E-state index in [1.807, 2.05) is 6.07 Å². The van der Waals surface area contributed by atoms with Gasteiger partial charge in [-0.3, -0.25) is 4.79 Å². The van der Waals surface area contributed by atoms with E-state index in [9.17, 15) is 18.0 Å². The lowest BCUT2D eigenvalue weighted by molar-refractivity contribution is -0.137. The predicted molar refractivity (Wildman–Crippen MR) is 90.9 cm³/mol. The molecule has 0 atom stereocenters. The highest BCUT2D eigenvalue weighted by Crippen LogP contribution is 2.29. The quantitative estimate of drug-likeness (QED) is 0.747. The zero-order valence-electron chi connectivity index (χ0n) is 13.5. The minimum atomic E-state index is -4.40. The molecule has 1 amide bonds. The number of nitrogens with two attached hydrogens (primary N) is 1. The summed E-state index contributed by atoms with van der Waals surface area (Å²) in [7, 11) is 0. The van der Waals surface area contributed by atoms with Crippen molar-refractivity contribution in [2.75, 3.05) is 5.32 Å². The topological polar surface area (TPSA) is 72.9 Å². The summed E-state index contributed by atoms with van der Waals surface area (Å²) in [6.45, 7) is 0.353. The fourth-order valence-electron chi connectivity index (χ4n) is 2.36. The largest absolute Gasteiger partial charge is 0.416 e. The van der Waals surface area contributed by atoms with Crippen LogP contribution in [0.15, 0.2) is 60.8 Å². The number of rotatable bonds is 4. The Hall–Kier alpha value is -3.13. The molecule has 134 valence electrons. The van der Waals surface area contributed by atoms with Crippen LogP contribution in [-0.2, 0) is 12.7 Å². The third kappa shape index (κ3) is 3.92. The molecule has 1 heterocycles. The summed E-state index contributed by atoms with van der Waals surface area (Å²) in [5.41, 5.74) is 6.84. The first-order chi connectivity index (χ1) is 12.4. The molecule has 0 bridgehead atoms. The number of carbonyl (C=O) groups excluding carboxylic acids is 1. The first kappa shape index (κ1) is 17.7. The van der Waals surface area contributed by atoms with Crippen molar-refractivity contribution in [3.8, 4) is 5.69 Å². The molecular formula is C18H15F3N4O. The number of nitrogens with one attached hydrogen (secondary N) is 1. The molecule has 5 nitrogen and oxygen atoms in total. The third-order valence-corrected chi connectivity index (χ3v) is 3.70. The van der Waals surface area contributed by atoms with Gasteiger partial charge in [-0.15, -0.1) is 0 Å². The van der Waals surface area contributed by atoms with Crippen molar-refractivity contribution in [2.45, 2.75) is 12.7 Å². The zero-order chi connectivity index (χ0) is 18.7. The molecule has 0 aliphatic rings. The first-order valence-corrected chi connectivity index (χ1v) is 7.70. The van der Waals surface area contributed by atoms with Crippen molar-refractivity contribution in [2.24, 2.45) is 5.73 Å². The lowest BCUT2D eigenvalue weighted by Gasteiger charge is -2.07. The van der Waals surface area contributed by atoms with Crippen LogP contribution in [0, 0.1) is 0 Å². The van der Waals surface area contributed by atoms with Crippen LogP contribution >= 0.6 is 0 Å². The van der Waals surface area contributed by atoms with Gasteiger partial charge in [-0.1, -0.05) is 12.1 Å². The number of hydrogen-bond acceptors (Lipinski definition) is 3. The van der Waals surface area contributed by atoms with Crippen LogP contribution in [0.2, 0.25) is 0 Å². The highest BCUT2D eigenvalue weighted by molar-refractivity contribution is 6.02. The summed E-state index contributed by atoms with van der Waals surface area (Å²) < 4.78 is 39.2. The average molecular weight is 360 g/mol. The third-order valence-electron chi connectivity index (χ3n) is 3.70. The summed E-state index contributed by atoms with van der Waals surface area (Å²) in [6.07, 6.45) is -2.89. The minimum Gasteiger partial charge on any atom is -0.326 e. The molecule has 0 fully saturated rings. The number of nitrogens with zero attached hydrogens (tertiary/aromatic N) is 2. The second kappa shape index (κ2) is 7.01. The van der Waals surface area contributed by atoms with Gasteiger partial charge in [-0.05, 0) is 48.0 Å². The van der Waals surface area contributed by atoms with E-state index in [-0.39, 0.29) is 5.69 Å². The minimum absolute atomic E-state index is 0.142. The maximum Gasteiger partial charge on any atom is 0.416 e. The number of alkyl halides is 3. The van der Waals surface area contributed by atoms with Crippen LogP contribution < -0.4 is 11.1 Å². The van der Waals surface area contributed by atoms with Gasteiger partial charge in [0.05, 0.1) is 11.3 Å². The van der Waals surface area contributed by atoms with Gasteiger partial charge >= 0.3 is 6.18 Å². The van der Waals surface area contributed by atoms with Gasteiger partial charge in [0.2, 0.25) is 0 Å². The predicted octanol–water partition coefficient (Wildman–Crippen LogP) is 3.60. The first-order valence-electron chi connectivity index (χ1n) is 7.70. The lowest BCUT2D eigenvalue weighted by atomic mass is 10.2. The second-order valence-corrected chi connectivity index (χ2v) is 5.55. The molecule has 3 N–H and O–H groups in total. The highest BCUT2D eigenvalue weighted by atomic mass is 19.4. The normalized spacial score (nSPS) is 11.4. The molecule has 0 spiro atoms. The molecule has 0 saturated carbocycles. The Kier molecular flexibility index (Phi) is 4.77. The van der Waals surface area contributed by atoms with Gasteiger partial charge in [-0.25, -0.2) is 4.68 Å². The Morgan fingerprint density at radius 3 is 2.50 bits per heavy atom. The van der Waals surface area contributed by atoms with Crippen LogP contribution in [0.5, 0.6) is 0 Å². The van der Waals surface area contributed by atoms with E-state index in [1.54, 1.807) is 18.2 Å². The molecule has 0 radical (unpaired) electrons. The monoisotopic (exact) mass is 360 g/mol. The van der Waals surface area contributed by atoms with Gasteiger partial charge in [0, 0.05) is 18.4 Å². The number of halogens is 3. The van der Waals surface area contributed by atoms with Gasteiger partial charge in [0.15, 0.2) is 5.69 Å². The standard InChI is InChI=1S/C18H15F3N4O/c19-18(20,21)13-4-6-15(7-5-13)25-9-8-16(24-25)17(26)23-14-3-1-2-12(10-14)11-22/h1-10H,11,22H2,(H,23,26). The molecule has 0 saturated heterocycles. The molecular weight excluding hydrogens is 345 g/mol. The second-order valence-electron chi connectivity index (χ2n) is 5.55. The Morgan fingerprint density at radius 1 is 1.12 bits per heavy atom. The van der Waals surface area contributed by atoms with Crippen molar-refractivity contribution < 1.29 is 18.0 Å². The molecule has 0 aliphatic carbocycles. The number of amides is 1. The van der Waals surface area contributed by atoms with Gasteiger partial charge in [-0.2, -0.15) is 18.3 Å². The number of anilines is 1. The highest BCUT2D eigenvalue weighted by Gasteiger charge is 2.30. The van der Waals surface area contributed by atoms with Gasteiger partial charge < -0.3 is 11.1 Å². The Bertz CT molecular complexity index is 917. The van der Waals surface area contributed by atoms with E-state index in [4.69, 9.17) is 5.73 Å². The molecule has 2 aromatic carbocycles. The van der Waals surface area contributed by atoms with E-state index in [1.165, 1.54) is 29.1 Å². The van der Waals surface area contributed by atoms with Crippen LogP contribution in [0.3, 0.4) is 0 Å². The average Bonchev–Trinajstić information content (AvgIpc) is 3.11. The molecule has 0 aliphatic heterocycles. The molecule has 26 heavy (non-hydrogen) atoms. The van der Waals surface area contributed by atoms with E-state index < -0.39 is 17.6 Å². The van der Waals surface area contributed by atoms with E-state index in [0.29, 0.717) is 17.9 Å². The summed E-state index contributed by atoms with van der Waals surface area (Å²) in [4.78, 5) is 12.3. The van der Waals surface area contributed by atoms with Crippen molar-refractivity contribution in [3.05, 3.63) is 77.6 Å². The fraction of sp³-hybridized carbons (Fsp3) is 0.111. The van der Waals surface area contributed by atoms with Gasteiger partial charge in [0.1, 0.15) is 0 Å². The van der Waals surface area contributed by atoms with Crippen molar-refractivity contribution in [1.82, 2.24) is 9.78 Å². The summed E-state index contributed by atoms with van der Waals surface area (Å²) in [5.74, 6) is -0.426. The molecule has 3 aromatic rings. The van der Waals surface area contributed by atoms with Crippen molar-refractivity contribution >= 4 is 11.6 Å². The van der Waals surface area contributed by atoms with Crippen molar-refractivity contribution in [3.63, 3.8) is 0 Å². The summed E-state index contributed by atoms with van der Waals surface area (Å²) in [5, 5.41) is 6.82. The zero-order valence-corrected chi connectivity index (χ0v) is 13.5. The smallest absolute Gasteiger partial charge is 0.326 e. The summed E-state index contributed by atoms with van der Waals surface area (Å²) in [6, 6.07) is 13.1. The van der Waals surface area contributed by atoms with E-state index >= 15 is 0 Å². The molecule has 0 unspecified atom stereocenters. The van der Waals surface area contributed by atoms with Crippen LogP contribution in [0.1, 0.15) is 21.6 Å². The maximum absolute atomic E-state index is 12.6. The van der Waals surface area contributed by atoms with Crippen LogP contribution in [0.25, 0.3) is 5.69 Å². The number of hydrogen-bond donors (Lipinski definition) is 2. The molecule has 1 aromatic heterocycles. The van der Waals surface area contributed by atoms with E-state index in [2.05, 4.69) is 10.4 Å². The molecule has 3 rings (SSSR count). The van der Waals surface area contributed by atoms with Crippen LogP contribution in [-0.4, -0.2) is 15.7 Å². The number of aromatic nitrogens is 2. The Balaban J connectivity index is 1.75. The van der Waals surface area contributed by atoms with Crippen molar-refractivity contribution in [1.29, 1.82) is 0 Å². The SMILES string of the molecule is NCc1cccc(NC(=O)c2ccn(-c3ccc(C(F)(F)F)cc3)n2)c1. The number of benzene rings is 2.